The molecule has 1 rings (SSSR count). The van der Waals surface area contributed by atoms with Gasteiger partial charge < -0.3 is 16.0 Å². The van der Waals surface area contributed by atoms with Crippen LogP contribution in [0.5, 0.6) is 0 Å². The molecule has 3 N–H and O–H groups in total. The number of halogens is 1. The second-order valence-corrected chi connectivity index (χ2v) is 3.62. The molecule has 17 heavy (non-hydrogen) atoms. The highest BCUT2D eigenvalue weighted by atomic mass is 19.1. The number of hydrogen-bond acceptors (Lipinski definition) is 4. The Morgan fingerprint density at radius 3 is 2.94 bits per heavy atom. The van der Waals surface area contributed by atoms with Gasteiger partial charge in [0.2, 0.25) is 6.41 Å². The number of carbonyl (C=O) groups excluding carboxylic acids is 1. The predicted octanol–water partition coefficient (Wildman–Crippen LogP) is 0.765. The number of hydrogen-bond donors (Lipinski definition) is 2. The van der Waals surface area contributed by atoms with Gasteiger partial charge in [0.1, 0.15) is 5.82 Å². The number of nitrogens with zero attached hydrogens (tertiary/aromatic N) is 2. The van der Waals surface area contributed by atoms with E-state index in [-0.39, 0.29) is 5.69 Å². The van der Waals surface area contributed by atoms with Crippen molar-refractivity contribution in [1.29, 1.82) is 0 Å². The van der Waals surface area contributed by atoms with Crippen LogP contribution in [-0.4, -0.2) is 31.0 Å². The predicted molar refractivity (Wildman–Crippen MR) is 65.2 cm³/mol. The second-order valence-electron chi connectivity index (χ2n) is 3.62. The third-order valence-electron chi connectivity index (χ3n) is 2.30. The largest absolute Gasteiger partial charge is 0.396 e. The van der Waals surface area contributed by atoms with Gasteiger partial charge >= 0.3 is 0 Å². The minimum atomic E-state index is -0.517. The molecular weight excluding hydrogens is 223 g/mol. The number of carbonyl (C=O) groups is 1. The van der Waals surface area contributed by atoms with Gasteiger partial charge in [0.15, 0.2) is 5.82 Å². The summed E-state index contributed by atoms with van der Waals surface area (Å²) in [5.74, 6) is 0.106. The molecule has 0 aromatic carbocycles. The molecule has 0 saturated carbocycles. The average Bonchev–Trinajstić information content (AvgIpc) is 2.32. The van der Waals surface area contributed by atoms with E-state index in [1.807, 2.05) is 11.8 Å². The molecule has 94 valence electrons. The molecule has 0 spiro atoms. The number of aromatic nitrogens is 1. The van der Waals surface area contributed by atoms with Gasteiger partial charge in [-0.05, 0) is 6.42 Å². The van der Waals surface area contributed by atoms with Crippen LogP contribution in [0.2, 0.25) is 0 Å². The van der Waals surface area contributed by atoms with E-state index in [4.69, 9.17) is 5.73 Å². The van der Waals surface area contributed by atoms with Gasteiger partial charge in [0.25, 0.3) is 0 Å². The average molecular weight is 240 g/mol. The first-order valence-corrected chi connectivity index (χ1v) is 5.52. The lowest BCUT2D eigenvalue weighted by molar-refractivity contribution is -0.109. The zero-order chi connectivity index (χ0) is 12.7. The van der Waals surface area contributed by atoms with Crippen LogP contribution in [0.3, 0.4) is 0 Å². The van der Waals surface area contributed by atoms with Crippen LogP contribution < -0.4 is 16.0 Å². The van der Waals surface area contributed by atoms with Gasteiger partial charge in [0.05, 0.1) is 11.9 Å². The van der Waals surface area contributed by atoms with Crippen molar-refractivity contribution >= 4 is 17.9 Å². The molecular formula is C11H17FN4O. The van der Waals surface area contributed by atoms with Crippen molar-refractivity contribution in [3.63, 3.8) is 0 Å². The maximum absolute atomic E-state index is 13.0. The van der Waals surface area contributed by atoms with E-state index in [1.165, 1.54) is 6.07 Å². The molecule has 1 heterocycles. The first-order valence-electron chi connectivity index (χ1n) is 5.52. The molecule has 0 unspecified atom stereocenters. The van der Waals surface area contributed by atoms with Gasteiger partial charge in [-0.25, -0.2) is 9.37 Å². The maximum atomic E-state index is 13.0. The Morgan fingerprint density at radius 1 is 1.59 bits per heavy atom. The van der Waals surface area contributed by atoms with Crippen LogP contribution in [0, 0.1) is 5.82 Å². The Morgan fingerprint density at radius 2 is 2.35 bits per heavy atom. The van der Waals surface area contributed by atoms with Crippen LogP contribution >= 0.6 is 0 Å². The fourth-order valence-corrected chi connectivity index (χ4v) is 1.48. The molecule has 0 aliphatic heterocycles. The molecule has 1 aromatic rings. The monoisotopic (exact) mass is 240 g/mol. The van der Waals surface area contributed by atoms with Crippen molar-refractivity contribution in [3.05, 3.63) is 18.1 Å². The summed E-state index contributed by atoms with van der Waals surface area (Å²) in [7, 11) is 0. The number of nitrogens with one attached hydrogen (secondary N) is 1. The Kier molecular flexibility index (Phi) is 5.19. The molecule has 5 nitrogen and oxygen atoms in total. The lowest BCUT2D eigenvalue weighted by atomic mass is 10.3. The van der Waals surface area contributed by atoms with E-state index >= 15 is 0 Å². The minimum Gasteiger partial charge on any atom is -0.396 e. The number of amides is 1. The van der Waals surface area contributed by atoms with Crippen molar-refractivity contribution in [2.75, 3.05) is 30.3 Å². The lowest BCUT2D eigenvalue weighted by Gasteiger charge is -2.23. The smallest absolute Gasteiger partial charge is 0.207 e. The summed E-state index contributed by atoms with van der Waals surface area (Å²) in [5.41, 5.74) is 5.58. The normalized spacial score (nSPS) is 10.0. The first-order chi connectivity index (χ1) is 8.19. The number of pyridine rings is 1. The van der Waals surface area contributed by atoms with Crippen LogP contribution in [0.1, 0.15) is 13.3 Å². The highest BCUT2D eigenvalue weighted by Crippen LogP contribution is 2.17. The van der Waals surface area contributed by atoms with E-state index in [9.17, 15) is 9.18 Å². The van der Waals surface area contributed by atoms with E-state index < -0.39 is 5.82 Å². The molecule has 0 atom stereocenters. The third-order valence-corrected chi connectivity index (χ3v) is 2.30. The quantitative estimate of drug-likeness (QED) is 0.545. The Bertz CT molecular complexity index is 372. The molecule has 1 amide bonds. The number of nitrogen functional groups attached to an aromatic ring is 1. The van der Waals surface area contributed by atoms with Crippen molar-refractivity contribution in [1.82, 2.24) is 10.3 Å². The molecule has 0 radical (unpaired) electrons. The molecule has 0 fully saturated rings. The zero-order valence-corrected chi connectivity index (χ0v) is 9.82. The molecule has 6 heteroatoms. The van der Waals surface area contributed by atoms with Crippen LogP contribution in [-0.2, 0) is 4.79 Å². The summed E-state index contributed by atoms with van der Waals surface area (Å²) in [5, 5.41) is 2.58. The summed E-state index contributed by atoms with van der Waals surface area (Å²) >= 11 is 0. The molecule has 0 bridgehead atoms. The van der Waals surface area contributed by atoms with E-state index in [1.54, 1.807) is 0 Å². The number of rotatable bonds is 7. The molecule has 0 aliphatic rings. The third kappa shape index (κ3) is 3.90. The maximum Gasteiger partial charge on any atom is 0.207 e. The standard InChI is InChI=1S/C11H17FN4O/c1-2-4-16(5-3-14-8-17)11-6-10(13)9(12)7-15-11/h6-8H,2-5H2,1H3,(H2,13,15)(H,14,17). The highest BCUT2D eigenvalue weighted by molar-refractivity contribution is 5.51. The Balaban J connectivity index is 2.73. The van der Waals surface area contributed by atoms with Crippen molar-refractivity contribution in [2.45, 2.75) is 13.3 Å². The summed E-state index contributed by atoms with van der Waals surface area (Å²) < 4.78 is 13.0. The second kappa shape index (κ2) is 6.67. The fourth-order valence-electron chi connectivity index (χ4n) is 1.48. The van der Waals surface area contributed by atoms with Crippen molar-refractivity contribution < 1.29 is 9.18 Å². The van der Waals surface area contributed by atoms with Crippen molar-refractivity contribution in [3.8, 4) is 0 Å². The van der Waals surface area contributed by atoms with Crippen LogP contribution in [0.15, 0.2) is 12.3 Å². The minimum absolute atomic E-state index is 0.0828. The summed E-state index contributed by atoms with van der Waals surface area (Å²) in [6, 6.07) is 1.51. The van der Waals surface area contributed by atoms with Crippen molar-refractivity contribution in [2.24, 2.45) is 0 Å². The van der Waals surface area contributed by atoms with Crippen LogP contribution in [0.25, 0.3) is 0 Å². The SMILES string of the molecule is CCCN(CCNC=O)c1cc(N)c(F)cn1. The number of anilines is 2. The molecule has 1 aromatic heterocycles. The topological polar surface area (TPSA) is 71.2 Å². The van der Waals surface area contributed by atoms with Gasteiger partial charge in [0, 0.05) is 25.7 Å². The van der Waals surface area contributed by atoms with Gasteiger partial charge in [-0.3, -0.25) is 4.79 Å². The zero-order valence-electron chi connectivity index (χ0n) is 9.82. The van der Waals surface area contributed by atoms with E-state index in [2.05, 4.69) is 10.3 Å². The van der Waals surface area contributed by atoms with Gasteiger partial charge in [-0.1, -0.05) is 6.92 Å². The van der Waals surface area contributed by atoms with E-state index in [0.29, 0.717) is 25.3 Å². The van der Waals surface area contributed by atoms with Gasteiger partial charge in [-0.2, -0.15) is 0 Å². The number of nitrogens with two attached hydrogens (primary N) is 1. The summed E-state index contributed by atoms with van der Waals surface area (Å²) in [6.07, 6.45) is 2.69. The molecule has 0 aliphatic carbocycles. The Hall–Kier alpha value is -1.85. The van der Waals surface area contributed by atoms with E-state index in [0.717, 1.165) is 19.2 Å². The fraction of sp³-hybridized carbons (Fsp3) is 0.455. The van der Waals surface area contributed by atoms with Gasteiger partial charge in [-0.15, -0.1) is 0 Å². The Labute approximate surface area is 99.8 Å². The summed E-state index contributed by atoms with van der Waals surface area (Å²) in [4.78, 5) is 16.1. The lowest BCUT2D eigenvalue weighted by Crippen LogP contribution is -2.33. The van der Waals surface area contributed by atoms with Crippen LogP contribution in [0.4, 0.5) is 15.9 Å². The summed E-state index contributed by atoms with van der Waals surface area (Å²) in [6.45, 7) is 3.94. The highest BCUT2D eigenvalue weighted by Gasteiger charge is 2.08. The first kappa shape index (κ1) is 13.2. The molecule has 0 saturated heterocycles.